The van der Waals surface area contributed by atoms with Crippen LogP contribution in [0.1, 0.15) is 37.9 Å². The lowest BCUT2D eigenvalue weighted by Crippen LogP contribution is -2.34. The van der Waals surface area contributed by atoms with Crippen molar-refractivity contribution in [3.63, 3.8) is 0 Å². The van der Waals surface area contributed by atoms with E-state index in [2.05, 4.69) is 4.99 Å². The summed E-state index contributed by atoms with van der Waals surface area (Å²) in [7, 11) is 0. The molecule has 4 rings (SSSR count). The maximum Gasteiger partial charge on any atom is 0.338 e. The number of ether oxygens (including phenoxy) is 3. The summed E-state index contributed by atoms with van der Waals surface area (Å²) in [5.74, 6) is 0.601. The Morgan fingerprint density at radius 3 is 2.67 bits per heavy atom. The van der Waals surface area contributed by atoms with Crippen LogP contribution in [0, 0.1) is 0 Å². The number of hydrogen-bond acceptors (Lipinski definition) is 7. The number of aliphatic imine (C=N–C) groups is 1. The van der Waals surface area contributed by atoms with Crippen LogP contribution >= 0.6 is 23.4 Å². The summed E-state index contributed by atoms with van der Waals surface area (Å²) in [5.41, 5.74) is 2.91. The lowest BCUT2D eigenvalue weighted by Gasteiger charge is -2.33. The Balaban J connectivity index is 1.74. The molecule has 2 aliphatic heterocycles. The monoisotopic (exact) mass is 484 g/mol. The Kier molecular flexibility index (Phi) is 7.30. The molecule has 0 radical (unpaired) electrons. The highest BCUT2D eigenvalue weighted by Gasteiger charge is 2.38. The van der Waals surface area contributed by atoms with Crippen LogP contribution in [0.2, 0.25) is 5.02 Å². The second-order valence-corrected chi connectivity index (χ2v) is 8.64. The molecule has 0 saturated carbocycles. The van der Waals surface area contributed by atoms with E-state index >= 15 is 0 Å². The molecular weight excluding hydrogens is 460 g/mol. The average Bonchev–Trinajstić information content (AvgIpc) is 3.26. The number of benzene rings is 2. The SMILES string of the molecule is CCOC(=O)C1=C(C)N=C2SC=CN2C1c1cc(Cl)c(OCc2ccccc2)c(OCC)c1. The topological polar surface area (TPSA) is 60.4 Å². The van der Waals surface area contributed by atoms with E-state index in [1.165, 1.54) is 11.8 Å². The van der Waals surface area contributed by atoms with Gasteiger partial charge in [0.05, 0.1) is 35.5 Å². The van der Waals surface area contributed by atoms with E-state index in [-0.39, 0.29) is 6.61 Å². The number of carbonyl (C=O) groups excluding carboxylic acids is 1. The van der Waals surface area contributed by atoms with Crippen LogP contribution in [-0.2, 0) is 16.1 Å². The Labute approximate surface area is 202 Å². The molecule has 2 aliphatic rings. The predicted octanol–water partition coefficient (Wildman–Crippen LogP) is 6.09. The van der Waals surface area contributed by atoms with Gasteiger partial charge in [-0.3, -0.25) is 0 Å². The average molecular weight is 485 g/mol. The van der Waals surface area contributed by atoms with E-state index in [9.17, 15) is 4.79 Å². The van der Waals surface area contributed by atoms with E-state index in [1.807, 2.05) is 72.8 Å². The molecule has 172 valence electrons. The summed E-state index contributed by atoms with van der Waals surface area (Å²) in [6.07, 6.45) is 1.91. The Morgan fingerprint density at radius 2 is 1.94 bits per heavy atom. The van der Waals surface area contributed by atoms with Gasteiger partial charge in [-0.05, 0) is 49.4 Å². The predicted molar refractivity (Wildman–Crippen MR) is 131 cm³/mol. The molecule has 0 saturated heterocycles. The third kappa shape index (κ3) is 4.89. The molecule has 0 aromatic heterocycles. The highest BCUT2D eigenvalue weighted by Crippen LogP contribution is 2.45. The lowest BCUT2D eigenvalue weighted by molar-refractivity contribution is -0.139. The summed E-state index contributed by atoms with van der Waals surface area (Å²) in [6.45, 7) is 6.60. The highest BCUT2D eigenvalue weighted by molar-refractivity contribution is 8.16. The molecule has 0 bridgehead atoms. The number of thioether (sulfide) groups is 1. The van der Waals surface area contributed by atoms with Gasteiger partial charge in [-0.15, -0.1) is 0 Å². The number of esters is 1. The van der Waals surface area contributed by atoms with Crippen molar-refractivity contribution in [3.05, 3.63) is 81.5 Å². The van der Waals surface area contributed by atoms with Gasteiger partial charge in [0.15, 0.2) is 16.7 Å². The van der Waals surface area contributed by atoms with Gasteiger partial charge in [-0.2, -0.15) is 0 Å². The van der Waals surface area contributed by atoms with Crippen LogP contribution in [0.25, 0.3) is 0 Å². The first-order valence-corrected chi connectivity index (χ1v) is 12.0. The number of rotatable bonds is 8. The Morgan fingerprint density at radius 1 is 1.15 bits per heavy atom. The lowest BCUT2D eigenvalue weighted by atomic mass is 9.94. The Hall–Kier alpha value is -2.90. The third-order valence-corrected chi connectivity index (χ3v) is 6.24. The summed E-state index contributed by atoms with van der Waals surface area (Å²) < 4.78 is 17.3. The first kappa shape index (κ1) is 23.3. The van der Waals surface area contributed by atoms with Crippen LogP contribution in [0.4, 0.5) is 0 Å². The second-order valence-electron chi connectivity index (χ2n) is 7.36. The molecule has 0 N–H and O–H groups in total. The van der Waals surface area contributed by atoms with Gasteiger partial charge in [0.25, 0.3) is 0 Å². The molecule has 2 aromatic rings. The van der Waals surface area contributed by atoms with Crippen LogP contribution in [0.3, 0.4) is 0 Å². The minimum absolute atomic E-state index is 0.278. The molecule has 6 nitrogen and oxygen atoms in total. The smallest absolute Gasteiger partial charge is 0.338 e. The molecule has 0 amide bonds. The van der Waals surface area contributed by atoms with E-state index < -0.39 is 12.0 Å². The van der Waals surface area contributed by atoms with Crippen molar-refractivity contribution in [1.82, 2.24) is 4.90 Å². The van der Waals surface area contributed by atoms with Gasteiger partial charge < -0.3 is 19.1 Å². The summed E-state index contributed by atoms with van der Waals surface area (Å²) in [5, 5.41) is 3.15. The van der Waals surface area contributed by atoms with Gasteiger partial charge in [-0.1, -0.05) is 53.7 Å². The number of carbonyl (C=O) groups is 1. The van der Waals surface area contributed by atoms with Gasteiger partial charge >= 0.3 is 5.97 Å². The van der Waals surface area contributed by atoms with Gasteiger partial charge in [-0.25, -0.2) is 9.79 Å². The second kappa shape index (κ2) is 10.4. The molecule has 2 aromatic carbocycles. The molecule has 1 atom stereocenters. The highest BCUT2D eigenvalue weighted by atomic mass is 35.5. The van der Waals surface area contributed by atoms with Crippen molar-refractivity contribution in [2.75, 3.05) is 13.2 Å². The molecule has 1 unspecified atom stereocenters. The molecule has 2 heterocycles. The zero-order valence-corrected chi connectivity index (χ0v) is 20.3. The largest absolute Gasteiger partial charge is 0.490 e. The fourth-order valence-corrected chi connectivity index (χ4v) is 4.84. The van der Waals surface area contributed by atoms with Gasteiger partial charge in [0, 0.05) is 6.20 Å². The van der Waals surface area contributed by atoms with E-state index in [0.29, 0.717) is 41.0 Å². The van der Waals surface area contributed by atoms with Crippen molar-refractivity contribution in [3.8, 4) is 11.5 Å². The fourth-order valence-electron chi connectivity index (χ4n) is 3.78. The van der Waals surface area contributed by atoms with Crippen LogP contribution in [0.15, 0.2) is 70.3 Å². The molecule has 0 spiro atoms. The summed E-state index contributed by atoms with van der Waals surface area (Å²) in [6, 6.07) is 13.1. The molecule has 0 fully saturated rings. The fraction of sp³-hybridized carbons (Fsp3) is 0.280. The van der Waals surface area contributed by atoms with Crippen LogP contribution in [0.5, 0.6) is 11.5 Å². The van der Waals surface area contributed by atoms with E-state index in [4.69, 9.17) is 25.8 Å². The normalized spacial score (nSPS) is 17.0. The standard InChI is InChI=1S/C25H25ClN2O4S/c1-4-30-20-14-18(13-19(26)23(20)32-15-17-9-7-6-8-10-17)22-21(24(29)31-5-2)16(3)27-25-28(22)11-12-33-25/h6-14,22H,4-5,15H2,1-3H3. The summed E-state index contributed by atoms with van der Waals surface area (Å²) in [4.78, 5) is 19.5. The molecular formula is C25H25ClN2O4S. The number of nitrogens with zero attached hydrogens (tertiary/aromatic N) is 2. The Bertz CT molecular complexity index is 1130. The van der Waals surface area contributed by atoms with Crippen molar-refractivity contribution in [2.24, 2.45) is 4.99 Å². The molecule has 8 heteroatoms. The van der Waals surface area contributed by atoms with Gasteiger partial charge in [0.2, 0.25) is 0 Å². The zero-order chi connectivity index (χ0) is 23.4. The first-order valence-electron chi connectivity index (χ1n) is 10.7. The van der Waals surface area contributed by atoms with Crippen molar-refractivity contribution in [1.29, 1.82) is 0 Å². The van der Waals surface area contributed by atoms with Crippen LogP contribution in [-0.4, -0.2) is 29.3 Å². The molecule has 33 heavy (non-hydrogen) atoms. The maximum atomic E-state index is 12.9. The number of hydrogen-bond donors (Lipinski definition) is 0. The van der Waals surface area contributed by atoms with E-state index in [1.54, 1.807) is 6.92 Å². The quantitative estimate of drug-likeness (QED) is 0.423. The maximum absolute atomic E-state index is 12.9. The van der Waals surface area contributed by atoms with Crippen LogP contribution < -0.4 is 9.47 Å². The van der Waals surface area contributed by atoms with Gasteiger partial charge in [0.1, 0.15) is 6.61 Å². The number of halogens is 1. The minimum atomic E-state index is -0.442. The molecule has 0 aliphatic carbocycles. The number of allylic oxidation sites excluding steroid dienone is 1. The van der Waals surface area contributed by atoms with E-state index in [0.717, 1.165) is 16.3 Å². The minimum Gasteiger partial charge on any atom is -0.490 e. The third-order valence-electron chi connectivity index (χ3n) is 5.19. The van der Waals surface area contributed by atoms with Crippen molar-refractivity contribution < 1.29 is 19.0 Å². The summed E-state index contributed by atoms with van der Waals surface area (Å²) >= 11 is 8.22. The number of amidine groups is 1. The zero-order valence-electron chi connectivity index (χ0n) is 18.7. The number of fused-ring (bicyclic) bond motifs is 1. The first-order chi connectivity index (χ1) is 16.0. The van der Waals surface area contributed by atoms with Crippen molar-refractivity contribution >= 4 is 34.5 Å². The van der Waals surface area contributed by atoms with Crippen molar-refractivity contribution in [2.45, 2.75) is 33.4 Å².